The van der Waals surface area contributed by atoms with Gasteiger partial charge in [-0.1, -0.05) is 51.5 Å². The van der Waals surface area contributed by atoms with Gasteiger partial charge in [-0.3, -0.25) is 4.79 Å². The van der Waals surface area contributed by atoms with E-state index >= 15 is 0 Å². The summed E-state index contributed by atoms with van der Waals surface area (Å²) in [6.45, 7) is 6.46. The van der Waals surface area contributed by atoms with Gasteiger partial charge in [-0.05, 0) is 54.9 Å². The monoisotopic (exact) mass is 458 g/mol. The average molecular weight is 459 g/mol. The Kier molecular flexibility index (Phi) is 6.50. The number of halogens is 3. The van der Waals surface area contributed by atoms with Crippen molar-refractivity contribution in [1.82, 2.24) is 9.55 Å². The van der Waals surface area contributed by atoms with Crippen molar-refractivity contribution >= 4 is 17.0 Å². The van der Waals surface area contributed by atoms with Crippen LogP contribution < -0.4 is 0 Å². The molecule has 7 heteroatoms. The predicted octanol–water partition coefficient (Wildman–Crippen LogP) is 6.73. The van der Waals surface area contributed by atoms with Gasteiger partial charge >= 0.3 is 12.1 Å². The SMILES string of the molecule is CC(C)[C@@H]1CC[C@@H](C)CC1OC(=O)Cn1c(-c2ccc(C(F)(F)F)cc2)nc2ccccc21. The first-order valence-electron chi connectivity index (χ1n) is 11.5. The molecule has 1 fully saturated rings. The fraction of sp³-hybridized carbons (Fsp3) is 0.462. The topological polar surface area (TPSA) is 44.1 Å². The van der Waals surface area contributed by atoms with E-state index in [2.05, 4.69) is 25.8 Å². The van der Waals surface area contributed by atoms with Crippen molar-refractivity contribution < 1.29 is 22.7 Å². The van der Waals surface area contributed by atoms with Crippen LogP contribution in [0.4, 0.5) is 13.2 Å². The zero-order valence-corrected chi connectivity index (χ0v) is 19.1. The Bertz CT molecular complexity index is 1120. The van der Waals surface area contributed by atoms with Crippen LogP contribution in [0.25, 0.3) is 22.4 Å². The third-order valence-corrected chi connectivity index (χ3v) is 6.66. The van der Waals surface area contributed by atoms with Crippen LogP contribution in [0.15, 0.2) is 48.5 Å². The van der Waals surface area contributed by atoms with Gasteiger partial charge in [0, 0.05) is 5.56 Å². The summed E-state index contributed by atoms with van der Waals surface area (Å²) < 4.78 is 46.7. The molecular formula is C26H29F3N2O2. The number of ether oxygens (including phenoxy) is 1. The summed E-state index contributed by atoms with van der Waals surface area (Å²) in [5.74, 6) is 1.36. The van der Waals surface area contributed by atoms with Gasteiger partial charge < -0.3 is 9.30 Å². The van der Waals surface area contributed by atoms with Crippen molar-refractivity contribution in [3.05, 3.63) is 54.1 Å². The van der Waals surface area contributed by atoms with Gasteiger partial charge in [0.2, 0.25) is 0 Å². The Morgan fingerprint density at radius 3 is 2.48 bits per heavy atom. The van der Waals surface area contributed by atoms with Crippen LogP contribution in [0.1, 0.15) is 45.6 Å². The zero-order chi connectivity index (χ0) is 23.8. The molecule has 1 aliphatic carbocycles. The van der Waals surface area contributed by atoms with Crippen LogP contribution in [0.5, 0.6) is 0 Å². The molecule has 0 bridgehead atoms. The van der Waals surface area contributed by atoms with E-state index in [1.165, 1.54) is 12.1 Å². The van der Waals surface area contributed by atoms with Crippen molar-refractivity contribution in [2.24, 2.45) is 17.8 Å². The molecule has 1 aromatic heterocycles. The fourth-order valence-electron chi connectivity index (χ4n) is 4.85. The molecular weight excluding hydrogens is 429 g/mol. The first-order valence-corrected chi connectivity index (χ1v) is 11.5. The molecule has 1 unspecified atom stereocenters. The lowest BCUT2D eigenvalue weighted by molar-refractivity contribution is -0.156. The van der Waals surface area contributed by atoms with Crippen LogP contribution in [-0.4, -0.2) is 21.6 Å². The van der Waals surface area contributed by atoms with E-state index in [1.54, 1.807) is 4.57 Å². The van der Waals surface area contributed by atoms with Crippen molar-refractivity contribution in [1.29, 1.82) is 0 Å². The van der Waals surface area contributed by atoms with Crippen molar-refractivity contribution in [2.75, 3.05) is 0 Å². The number of nitrogens with zero attached hydrogens (tertiary/aromatic N) is 2. The normalized spacial score (nSPS) is 21.5. The Balaban J connectivity index is 1.62. The Morgan fingerprint density at radius 1 is 1.12 bits per heavy atom. The number of carbonyl (C=O) groups is 1. The van der Waals surface area contributed by atoms with Gasteiger partial charge in [-0.2, -0.15) is 13.2 Å². The predicted molar refractivity (Wildman–Crippen MR) is 121 cm³/mol. The van der Waals surface area contributed by atoms with Crippen LogP contribution in [0.2, 0.25) is 0 Å². The molecule has 0 N–H and O–H groups in total. The van der Waals surface area contributed by atoms with Crippen LogP contribution in [0, 0.1) is 17.8 Å². The van der Waals surface area contributed by atoms with Crippen LogP contribution in [0.3, 0.4) is 0 Å². The Labute approximate surface area is 191 Å². The summed E-state index contributed by atoms with van der Waals surface area (Å²) in [4.78, 5) is 17.7. The number of alkyl halides is 3. The Hall–Kier alpha value is -2.83. The molecule has 4 nitrogen and oxygen atoms in total. The number of para-hydroxylation sites is 2. The van der Waals surface area contributed by atoms with Gasteiger partial charge in [-0.25, -0.2) is 4.98 Å². The minimum atomic E-state index is -4.41. The lowest BCUT2D eigenvalue weighted by Crippen LogP contribution is -2.36. The molecule has 176 valence electrons. The number of carbonyl (C=O) groups excluding carboxylic acids is 1. The van der Waals surface area contributed by atoms with Gasteiger partial charge in [0.15, 0.2) is 0 Å². The molecule has 0 aliphatic heterocycles. The third kappa shape index (κ3) is 5.07. The fourth-order valence-corrected chi connectivity index (χ4v) is 4.85. The molecule has 1 heterocycles. The van der Waals surface area contributed by atoms with E-state index in [0.29, 0.717) is 34.7 Å². The van der Waals surface area contributed by atoms with Gasteiger partial charge in [0.05, 0.1) is 16.6 Å². The zero-order valence-electron chi connectivity index (χ0n) is 19.1. The molecule has 0 radical (unpaired) electrons. The summed E-state index contributed by atoms with van der Waals surface area (Å²) in [5.41, 5.74) is 1.20. The summed E-state index contributed by atoms with van der Waals surface area (Å²) >= 11 is 0. The highest BCUT2D eigenvalue weighted by Crippen LogP contribution is 2.36. The number of hydrogen-bond donors (Lipinski definition) is 0. The van der Waals surface area contributed by atoms with Gasteiger partial charge in [0.1, 0.15) is 18.5 Å². The van der Waals surface area contributed by atoms with Crippen molar-refractivity contribution in [2.45, 2.75) is 58.9 Å². The molecule has 33 heavy (non-hydrogen) atoms. The van der Waals surface area contributed by atoms with E-state index in [0.717, 1.165) is 36.9 Å². The van der Waals surface area contributed by atoms with E-state index in [9.17, 15) is 18.0 Å². The summed E-state index contributed by atoms with van der Waals surface area (Å²) in [7, 11) is 0. The number of esters is 1. The molecule has 2 aromatic carbocycles. The first-order chi connectivity index (χ1) is 15.6. The van der Waals surface area contributed by atoms with Gasteiger partial charge in [0.25, 0.3) is 0 Å². The van der Waals surface area contributed by atoms with Crippen molar-refractivity contribution in [3.8, 4) is 11.4 Å². The smallest absolute Gasteiger partial charge is 0.416 e. The maximum atomic E-state index is 13.0. The second kappa shape index (κ2) is 9.20. The molecule has 1 aliphatic rings. The summed E-state index contributed by atoms with van der Waals surface area (Å²) in [5, 5.41) is 0. The number of imidazole rings is 1. The number of hydrogen-bond acceptors (Lipinski definition) is 3. The second-order valence-electron chi connectivity index (χ2n) is 9.44. The molecule has 0 spiro atoms. The number of benzene rings is 2. The third-order valence-electron chi connectivity index (χ3n) is 6.66. The van der Waals surface area contributed by atoms with Crippen LogP contribution in [-0.2, 0) is 22.3 Å². The minimum Gasteiger partial charge on any atom is -0.461 e. The molecule has 3 aromatic rings. The number of aromatic nitrogens is 2. The Morgan fingerprint density at radius 2 is 1.82 bits per heavy atom. The maximum Gasteiger partial charge on any atom is 0.416 e. The highest BCUT2D eigenvalue weighted by atomic mass is 19.4. The largest absolute Gasteiger partial charge is 0.461 e. The lowest BCUT2D eigenvalue weighted by Gasteiger charge is -2.36. The van der Waals surface area contributed by atoms with Gasteiger partial charge in [-0.15, -0.1) is 0 Å². The maximum absolute atomic E-state index is 13.0. The number of rotatable bonds is 5. The van der Waals surface area contributed by atoms with Crippen LogP contribution >= 0.6 is 0 Å². The highest BCUT2D eigenvalue weighted by Gasteiger charge is 2.34. The molecule has 3 atom stereocenters. The van der Waals surface area contributed by atoms with E-state index in [-0.39, 0.29) is 18.6 Å². The molecule has 4 rings (SSSR count). The quantitative estimate of drug-likeness (QED) is 0.398. The minimum absolute atomic E-state index is 0.0490. The van der Waals surface area contributed by atoms with Crippen molar-refractivity contribution in [3.63, 3.8) is 0 Å². The molecule has 0 saturated heterocycles. The lowest BCUT2D eigenvalue weighted by atomic mass is 9.75. The first kappa shape index (κ1) is 23.3. The second-order valence-corrected chi connectivity index (χ2v) is 9.44. The summed E-state index contributed by atoms with van der Waals surface area (Å²) in [6, 6.07) is 12.2. The standard InChI is InChI=1S/C26H29F3N2O2/c1-16(2)20-13-8-17(3)14-23(20)33-24(32)15-31-22-7-5-4-6-21(22)30-25(31)18-9-11-19(12-10-18)26(27,28)29/h4-7,9-12,16-17,20,23H,8,13-15H2,1-3H3/t17-,20+,23?/m1/s1. The van der Waals surface area contributed by atoms with E-state index in [4.69, 9.17) is 4.74 Å². The molecule has 0 amide bonds. The van der Waals surface area contributed by atoms with E-state index in [1.807, 2.05) is 24.3 Å². The summed E-state index contributed by atoms with van der Waals surface area (Å²) in [6.07, 6.45) is -1.49. The average Bonchev–Trinajstić information content (AvgIpc) is 3.11. The number of fused-ring (bicyclic) bond motifs is 1. The molecule has 1 saturated carbocycles. The highest BCUT2D eigenvalue weighted by molar-refractivity contribution is 5.83. The van der Waals surface area contributed by atoms with E-state index < -0.39 is 11.7 Å².